The number of nitrogens with two attached hydrogens (primary N) is 2. The van der Waals surface area contributed by atoms with Gasteiger partial charge < -0.3 is 34.9 Å². The van der Waals surface area contributed by atoms with E-state index < -0.39 is 13.7 Å². The van der Waals surface area contributed by atoms with Crippen molar-refractivity contribution in [2.24, 2.45) is 0 Å². The molecule has 0 fully saturated rings. The Morgan fingerprint density at radius 1 is 1.19 bits per heavy atom. The Kier molecular flexibility index (Phi) is 7.12. The highest BCUT2D eigenvalue weighted by Crippen LogP contribution is 2.50. The average molecular weight is 402 g/mol. The van der Waals surface area contributed by atoms with E-state index in [1.54, 1.807) is 32.3 Å². The van der Waals surface area contributed by atoms with Crippen LogP contribution in [0.1, 0.15) is 27.7 Å². The van der Waals surface area contributed by atoms with Crippen LogP contribution in [0.2, 0.25) is 0 Å². The number of rotatable bonds is 10. The zero-order valence-corrected chi connectivity index (χ0v) is 16.8. The molecule has 0 aliphatic rings. The second-order valence-electron chi connectivity index (χ2n) is 6.56. The second-order valence-corrected chi connectivity index (χ2v) is 8.46. The number of aromatic nitrogens is 4. The molecule has 0 aromatic carbocycles. The molecule has 5 N–H and O–H groups in total. The monoisotopic (exact) mass is 402 g/mol. The summed E-state index contributed by atoms with van der Waals surface area (Å²) in [7, 11) is -3.48. The molecular weight excluding hydrogens is 375 g/mol. The van der Waals surface area contributed by atoms with Gasteiger partial charge in [-0.3, -0.25) is 4.57 Å². The number of imidazole rings is 1. The van der Waals surface area contributed by atoms with Crippen LogP contribution < -0.4 is 11.5 Å². The predicted molar refractivity (Wildman–Crippen MR) is 101 cm³/mol. The van der Waals surface area contributed by atoms with E-state index in [9.17, 15) is 9.67 Å². The van der Waals surface area contributed by atoms with Crippen molar-refractivity contribution in [3.8, 4) is 0 Å². The fourth-order valence-electron chi connectivity index (χ4n) is 2.42. The molecule has 152 valence electrons. The van der Waals surface area contributed by atoms with E-state index in [4.69, 9.17) is 25.3 Å². The Balaban J connectivity index is 2.12. The van der Waals surface area contributed by atoms with Gasteiger partial charge in [-0.1, -0.05) is 0 Å². The minimum Gasteiger partial charge on any atom is -0.394 e. The SMILES string of the molecule is CC(C)OP(=O)(CO[C@H](CO)Cn1cnc2c(N)nc(N)nc21)OC(C)C. The molecule has 2 heterocycles. The van der Waals surface area contributed by atoms with Crippen LogP contribution in [0.3, 0.4) is 0 Å². The number of aliphatic hydroxyl groups excluding tert-OH is 1. The Morgan fingerprint density at radius 2 is 1.81 bits per heavy atom. The summed E-state index contributed by atoms with van der Waals surface area (Å²) in [6.07, 6.45) is -0.0899. The van der Waals surface area contributed by atoms with E-state index >= 15 is 0 Å². The molecule has 12 heteroatoms. The Morgan fingerprint density at radius 3 is 2.37 bits per heavy atom. The van der Waals surface area contributed by atoms with Crippen molar-refractivity contribution in [3.63, 3.8) is 0 Å². The van der Waals surface area contributed by atoms with Gasteiger partial charge in [0.1, 0.15) is 11.9 Å². The number of hydrogen-bond acceptors (Lipinski definition) is 10. The molecule has 11 nitrogen and oxygen atoms in total. The number of nitrogen functional groups attached to an aromatic ring is 2. The minimum atomic E-state index is -3.48. The maximum atomic E-state index is 12.8. The van der Waals surface area contributed by atoms with Crippen LogP contribution in [-0.2, 0) is 24.9 Å². The fraction of sp³-hybridized carbons (Fsp3) is 0.667. The van der Waals surface area contributed by atoms with Gasteiger partial charge in [-0.25, -0.2) is 4.98 Å². The Labute approximate surface area is 157 Å². The molecule has 1 atom stereocenters. The van der Waals surface area contributed by atoms with Crippen molar-refractivity contribution in [1.29, 1.82) is 0 Å². The number of anilines is 2. The lowest BCUT2D eigenvalue weighted by Crippen LogP contribution is -2.25. The lowest BCUT2D eigenvalue weighted by molar-refractivity contribution is 0.0112. The maximum Gasteiger partial charge on any atom is 0.356 e. The molecule has 0 aliphatic carbocycles. The Bertz CT molecular complexity index is 797. The fourth-order valence-corrected chi connectivity index (χ4v) is 4.27. The lowest BCUT2D eigenvalue weighted by atomic mass is 10.3. The highest BCUT2D eigenvalue weighted by molar-refractivity contribution is 7.53. The summed E-state index contributed by atoms with van der Waals surface area (Å²) in [6, 6.07) is 0. The smallest absolute Gasteiger partial charge is 0.356 e. The van der Waals surface area contributed by atoms with Gasteiger partial charge in [0.2, 0.25) is 5.95 Å². The summed E-state index contributed by atoms with van der Waals surface area (Å²) < 4.78 is 31.0. The summed E-state index contributed by atoms with van der Waals surface area (Å²) in [5.74, 6) is 0.182. The van der Waals surface area contributed by atoms with Crippen LogP contribution in [0.4, 0.5) is 11.8 Å². The first kappa shape index (κ1) is 21.5. The van der Waals surface area contributed by atoms with Crippen molar-refractivity contribution in [2.45, 2.75) is 52.6 Å². The van der Waals surface area contributed by atoms with Crippen LogP contribution in [0.25, 0.3) is 11.2 Å². The van der Waals surface area contributed by atoms with Gasteiger partial charge in [0, 0.05) is 0 Å². The van der Waals surface area contributed by atoms with Crippen LogP contribution in [0.5, 0.6) is 0 Å². The van der Waals surface area contributed by atoms with E-state index in [0.29, 0.717) is 11.2 Å². The van der Waals surface area contributed by atoms with Crippen LogP contribution in [0.15, 0.2) is 6.33 Å². The van der Waals surface area contributed by atoms with Crippen molar-refractivity contribution in [2.75, 3.05) is 24.4 Å². The molecule has 0 bridgehead atoms. The summed E-state index contributed by atoms with van der Waals surface area (Å²) in [5, 5.41) is 9.65. The topological polar surface area (TPSA) is 161 Å². The maximum absolute atomic E-state index is 12.8. The van der Waals surface area contributed by atoms with Crippen LogP contribution in [-0.4, -0.2) is 55.9 Å². The first-order valence-electron chi connectivity index (χ1n) is 8.55. The molecule has 0 spiro atoms. The average Bonchev–Trinajstić information content (AvgIpc) is 2.92. The van der Waals surface area contributed by atoms with E-state index in [1.807, 2.05) is 0 Å². The number of ether oxygens (including phenoxy) is 1. The third-order valence-electron chi connectivity index (χ3n) is 3.32. The molecule has 0 saturated carbocycles. The second kappa shape index (κ2) is 8.94. The largest absolute Gasteiger partial charge is 0.394 e. The van der Waals surface area contributed by atoms with Gasteiger partial charge in [-0.2, -0.15) is 9.97 Å². The normalized spacial score (nSPS) is 13.7. The number of aliphatic hydroxyl groups is 1. The van der Waals surface area contributed by atoms with Crippen molar-refractivity contribution in [3.05, 3.63) is 6.33 Å². The Hall–Kier alpha value is -1.78. The molecule has 0 aliphatic heterocycles. The molecular formula is C15H27N6O5P. The molecule has 0 unspecified atom stereocenters. The van der Waals surface area contributed by atoms with E-state index in [0.717, 1.165) is 0 Å². The summed E-state index contributed by atoms with van der Waals surface area (Å²) >= 11 is 0. The van der Waals surface area contributed by atoms with Crippen molar-refractivity contribution in [1.82, 2.24) is 19.5 Å². The lowest BCUT2D eigenvalue weighted by Gasteiger charge is -2.25. The minimum absolute atomic E-state index is 0.0170. The zero-order chi connectivity index (χ0) is 20.2. The van der Waals surface area contributed by atoms with Crippen LogP contribution >= 0.6 is 7.60 Å². The number of hydrogen-bond donors (Lipinski definition) is 3. The van der Waals surface area contributed by atoms with Crippen molar-refractivity contribution < 1.29 is 23.5 Å². The number of fused-ring (bicyclic) bond motifs is 1. The van der Waals surface area contributed by atoms with Gasteiger partial charge in [0.05, 0.1) is 37.8 Å². The highest BCUT2D eigenvalue weighted by Gasteiger charge is 2.30. The molecule has 0 radical (unpaired) electrons. The molecule has 2 aromatic rings. The van der Waals surface area contributed by atoms with E-state index in [2.05, 4.69) is 15.0 Å². The first-order chi connectivity index (χ1) is 12.6. The van der Waals surface area contributed by atoms with E-state index in [-0.39, 0.29) is 43.5 Å². The third-order valence-corrected chi connectivity index (χ3v) is 5.27. The molecule has 0 amide bonds. The summed E-state index contributed by atoms with van der Waals surface area (Å²) in [4.78, 5) is 12.1. The molecule has 2 rings (SSSR count). The molecule has 27 heavy (non-hydrogen) atoms. The first-order valence-corrected chi connectivity index (χ1v) is 10.3. The quantitative estimate of drug-likeness (QED) is 0.495. The summed E-state index contributed by atoms with van der Waals surface area (Å²) in [6.45, 7) is 6.89. The van der Waals surface area contributed by atoms with Gasteiger partial charge in [0.15, 0.2) is 11.5 Å². The molecule has 2 aromatic heterocycles. The van der Waals surface area contributed by atoms with Gasteiger partial charge in [-0.15, -0.1) is 0 Å². The standard InChI is InChI=1S/C15H27N6O5P/c1-9(2)25-27(23,26-10(3)4)8-24-11(6-22)5-21-7-18-12-13(16)19-15(17)20-14(12)21/h7,9-11,22H,5-6,8H2,1-4H3,(H4,16,17,19,20)/t11-/m0/s1. The summed E-state index contributed by atoms with van der Waals surface area (Å²) in [5.41, 5.74) is 12.2. The van der Waals surface area contributed by atoms with Crippen LogP contribution in [0, 0.1) is 0 Å². The predicted octanol–water partition coefficient (Wildman–Crippen LogP) is 1.37. The zero-order valence-electron chi connectivity index (χ0n) is 15.9. The van der Waals surface area contributed by atoms with Gasteiger partial charge in [-0.05, 0) is 27.7 Å². The number of nitrogens with zero attached hydrogens (tertiary/aromatic N) is 4. The van der Waals surface area contributed by atoms with Crippen molar-refractivity contribution >= 4 is 30.5 Å². The molecule has 0 saturated heterocycles. The highest BCUT2D eigenvalue weighted by atomic mass is 31.2. The third kappa shape index (κ3) is 5.85. The van der Waals surface area contributed by atoms with Gasteiger partial charge >= 0.3 is 7.60 Å². The van der Waals surface area contributed by atoms with Gasteiger partial charge in [0.25, 0.3) is 0 Å². The van der Waals surface area contributed by atoms with E-state index in [1.165, 1.54) is 6.33 Å².